The fourth-order valence-electron chi connectivity index (χ4n) is 2.67. The number of anilines is 1. The molecule has 3 heteroatoms. The summed E-state index contributed by atoms with van der Waals surface area (Å²) < 4.78 is 0. The van der Waals surface area contributed by atoms with E-state index in [1.54, 1.807) is 0 Å². The third kappa shape index (κ3) is 2.03. The Morgan fingerprint density at radius 2 is 2.00 bits per heavy atom. The van der Waals surface area contributed by atoms with Gasteiger partial charge in [-0.25, -0.2) is 0 Å². The number of likely N-dealkylation sites (N-methyl/N-ethyl adjacent to an activating group) is 1. The van der Waals surface area contributed by atoms with Crippen molar-refractivity contribution in [2.24, 2.45) is 0 Å². The standard InChI is InChI=1S/C15H22N2O/c1-5-16-11(2)10-17-13-9-7-6-8-12(13)15(3,4)14(17)18/h6-9,11,16H,5,10H2,1-4H3. The maximum absolute atomic E-state index is 12.5. The minimum atomic E-state index is -0.400. The highest BCUT2D eigenvalue weighted by molar-refractivity contribution is 6.07. The van der Waals surface area contributed by atoms with Crippen LogP contribution in [-0.2, 0) is 10.2 Å². The second kappa shape index (κ2) is 4.73. The van der Waals surface area contributed by atoms with Gasteiger partial charge in [-0.15, -0.1) is 0 Å². The second-order valence-corrected chi connectivity index (χ2v) is 5.52. The molecule has 1 aliphatic rings. The number of para-hydroxylation sites is 1. The van der Waals surface area contributed by atoms with Crippen molar-refractivity contribution in [2.75, 3.05) is 18.0 Å². The molecule has 0 aromatic heterocycles. The molecule has 1 N–H and O–H groups in total. The Kier molecular flexibility index (Phi) is 3.44. The number of nitrogens with zero attached hydrogens (tertiary/aromatic N) is 1. The summed E-state index contributed by atoms with van der Waals surface area (Å²) in [5, 5.41) is 3.36. The molecule has 0 bridgehead atoms. The lowest BCUT2D eigenvalue weighted by atomic mass is 9.86. The predicted molar refractivity (Wildman–Crippen MR) is 75.0 cm³/mol. The average Bonchev–Trinajstić information content (AvgIpc) is 2.52. The predicted octanol–water partition coefficient (Wildman–Crippen LogP) is 2.31. The zero-order valence-corrected chi connectivity index (χ0v) is 11.7. The van der Waals surface area contributed by atoms with Gasteiger partial charge in [0, 0.05) is 18.3 Å². The zero-order chi connectivity index (χ0) is 13.3. The smallest absolute Gasteiger partial charge is 0.237 e. The van der Waals surface area contributed by atoms with E-state index in [0.717, 1.165) is 24.3 Å². The number of carbonyl (C=O) groups excluding carboxylic acids is 1. The van der Waals surface area contributed by atoms with Crippen LogP contribution in [0, 0.1) is 0 Å². The topological polar surface area (TPSA) is 32.3 Å². The van der Waals surface area contributed by atoms with Gasteiger partial charge in [0.2, 0.25) is 5.91 Å². The molecule has 3 nitrogen and oxygen atoms in total. The van der Waals surface area contributed by atoms with Crippen LogP contribution in [0.3, 0.4) is 0 Å². The third-order valence-corrected chi connectivity index (χ3v) is 3.66. The molecule has 1 atom stereocenters. The molecule has 2 rings (SSSR count). The summed E-state index contributed by atoms with van der Waals surface area (Å²) >= 11 is 0. The Hall–Kier alpha value is -1.35. The van der Waals surface area contributed by atoms with Crippen molar-refractivity contribution in [3.8, 4) is 0 Å². The van der Waals surface area contributed by atoms with Crippen LogP contribution in [0.2, 0.25) is 0 Å². The van der Waals surface area contributed by atoms with Crippen LogP contribution in [0.1, 0.15) is 33.3 Å². The number of carbonyl (C=O) groups is 1. The van der Waals surface area contributed by atoms with Crippen LogP contribution in [0.15, 0.2) is 24.3 Å². The first-order valence-electron chi connectivity index (χ1n) is 6.63. The van der Waals surface area contributed by atoms with Gasteiger partial charge in [-0.2, -0.15) is 0 Å². The third-order valence-electron chi connectivity index (χ3n) is 3.66. The maximum atomic E-state index is 12.5. The highest BCUT2D eigenvalue weighted by atomic mass is 16.2. The number of nitrogens with one attached hydrogen (secondary N) is 1. The van der Waals surface area contributed by atoms with Crippen molar-refractivity contribution < 1.29 is 4.79 Å². The molecule has 1 aromatic carbocycles. The molecule has 1 aliphatic heterocycles. The summed E-state index contributed by atoms with van der Waals surface area (Å²) in [5.41, 5.74) is 1.80. The molecule has 1 amide bonds. The summed E-state index contributed by atoms with van der Waals surface area (Å²) in [4.78, 5) is 14.4. The van der Waals surface area contributed by atoms with Gasteiger partial charge >= 0.3 is 0 Å². The van der Waals surface area contributed by atoms with E-state index < -0.39 is 5.41 Å². The van der Waals surface area contributed by atoms with E-state index in [9.17, 15) is 4.79 Å². The summed E-state index contributed by atoms with van der Waals surface area (Å²) in [6.07, 6.45) is 0. The summed E-state index contributed by atoms with van der Waals surface area (Å²) in [7, 11) is 0. The van der Waals surface area contributed by atoms with Gasteiger partial charge in [-0.3, -0.25) is 4.79 Å². The molecule has 0 spiro atoms. The minimum Gasteiger partial charge on any atom is -0.313 e. The van der Waals surface area contributed by atoms with Gasteiger partial charge in [0.15, 0.2) is 0 Å². The lowest BCUT2D eigenvalue weighted by Crippen LogP contribution is -2.44. The van der Waals surface area contributed by atoms with Crippen LogP contribution >= 0.6 is 0 Å². The first kappa shape index (κ1) is 13.1. The van der Waals surface area contributed by atoms with E-state index in [4.69, 9.17) is 0 Å². The van der Waals surface area contributed by atoms with Crippen LogP contribution in [-0.4, -0.2) is 25.0 Å². The Bertz CT molecular complexity index is 454. The number of rotatable bonds is 4. The van der Waals surface area contributed by atoms with Crippen molar-refractivity contribution >= 4 is 11.6 Å². The van der Waals surface area contributed by atoms with Crippen LogP contribution in [0.25, 0.3) is 0 Å². The van der Waals surface area contributed by atoms with E-state index in [0.29, 0.717) is 6.04 Å². The van der Waals surface area contributed by atoms with Crippen molar-refractivity contribution in [1.82, 2.24) is 5.32 Å². The van der Waals surface area contributed by atoms with Gasteiger partial charge in [0.25, 0.3) is 0 Å². The van der Waals surface area contributed by atoms with Crippen molar-refractivity contribution in [3.63, 3.8) is 0 Å². The number of fused-ring (bicyclic) bond motifs is 1. The Balaban J connectivity index is 2.30. The summed E-state index contributed by atoms with van der Waals surface area (Å²) in [6, 6.07) is 8.41. The lowest BCUT2D eigenvalue weighted by Gasteiger charge is -2.24. The molecule has 1 heterocycles. The quantitative estimate of drug-likeness (QED) is 0.884. The molecule has 1 aromatic rings. The van der Waals surface area contributed by atoms with Gasteiger partial charge in [0.1, 0.15) is 0 Å². The van der Waals surface area contributed by atoms with Crippen LogP contribution in [0.4, 0.5) is 5.69 Å². The Morgan fingerprint density at radius 3 is 2.67 bits per heavy atom. The molecular formula is C15H22N2O. The first-order valence-corrected chi connectivity index (χ1v) is 6.63. The van der Waals surface area contributed by atoms with Gasteiger partial charge in [-0.1, -0.05) is 25.1 Å². The van der Waals surface area contributed by atoms with Crippen LogP contribution in [0.5, 0.6) is 0 Å². The number of hydrogen-bond donors (Lipinski definition) is 1. The van der Waals surface area contributed by atoms with E-state index in [2.05, 4.69) is 25.2 Å². The van der Waals surface area contributed by atoms with Crippen molar-refractivity contribution in [1.29, 1.82) is 0 Å². The van der Waals surface area contributed by atoms with E-state index in [1.165, 1.54) is 0 Å². The Morgan fingerprint density at radius 1 is 1.33 bits per heavy atom. The SMILES string of the molecule is CCNC(C)CN1C(=O)C(C)(C)c2ccccc21. The summed E-state index contributed by atoms with van der Waals surface area (Å²) in [5.74, 6) is 0.202. The molecule has 0 aliphatic carbocycles. The maximum Gasteiger partial charge on any atom is 0.237 e. The molecule has 98 valence electrons. The van der Waals surface area contributed by atoms with Crippen molar-refractivity contribution in [2.45, 2.75) is 39.2 Å². The monoisotopic (exact) mass is 246 g/mol. The van der Waals surface area contributed by atoms with E-state index in [-0.39, 0.29) is 5.91 Å². The van der Waals surface area contributed by atoms with Crippen LogP contribution < -0.4 is 10.2 Å². The first-order chi connectivity index (χ1) is 8.48. The van der Waals surface area contributed by atoms with Gasteiger partial charge in [-0.05, 0) is 38.9 Å². The molecule has 18 heavy (non-hydrogen) atoms. The molecular weight excluding hydrogens is 224 g/mol. The molecule has 0 radical (unpaired) electrons. The normalized spacial score (nSPS) is 18.9. The lowest BCUT2D eigenvalue weighted by molar-refractivity contribution is -0.122. The number of amides is 1. The van der Waals surface area contributed by atoms with E-state index in [1.807, 2.05) is 36.9 Å². The largest absolute Gasteiger partial charge is 0.313 e. The molecule has 0 saturated heterocycles. The zero-order valence-electron chi connectivity index (χ0n) is 11.7. The van der Waals surface area contributed by atoms with Gasteiger partial charge in [0.05, 0.1) is 5.41 Å². The fourth-order valence-corrected chi connectivity index (χ4v) is 2.67. The molecule has 0 fully saturated rings. The summed E-state index contributed by atoms with van der Waals surface area (Å²) in [6.45, 7) is 9.87. The number of benzene rings is 1. The number of hydrogen-bond acceptors (Lipinski definition) is 2. The average molecular weight is 246 g/mol. The fraction of sp³-hybridized carbons (Fsp3) is 0.533. The minimum absolute atomic E-state index is 0.202. The molecule has 1 unspecified atom stereocenters. The van der Waals surface area contributed by atoms with Gasteiger partial charge < -0.3 is 10.2 Å². The second-order valence-electron chi connectivity index (χ2n) is 5.52. The van der Waals surface area contributed by atoms with E-state index >= 15 is 0 Å². The Labute approximate surface area is 109 Å². The highest BCUT2D eigenvalue weighted by Crippen LogP contribution is 2.41. The highest BCUT2D eigenvalue weighted by Gasteiger charge is 2.43. The molecule has 0 saturated carbocycles. The van der Waals surface area contributed by atoms with Crippen molar-refractivity contribution in [3.05, 3.63) is 29.8 Å².